The molecule has 21 heavy (non-hydrogen) atoms. The normalized spacial score (nSPS) is 18.0. The molecule has 0 aromatic heterocycles. The van der Waals surface area contributed by atoms with Crippen molar-refractivity contribution in [3.63, 3.8) is 0 Å². The molecule has 5 heteroatoms. The largest absolute Gasteiger partial charge is 0.383 e. The van der Waals surface area contributed by atoms with Crippen LogP contribution in [0.2, 0.25) is 5.02 Å². The molecule has 1 unspecified atom stereocenters. The van der Waals surface area contributed by atoms with Gasteiger partial charge in [0.1, 0.15) is 0 Å². The van der Waals surface area contributed by atoms with Crippen LogP contribution >= 0.6 is 11.6 Å². The van der Waals surface area contributed by atoms with Gasteiger partial charge in [0.05, 0.1) is 6.61 Å². The maximum atomic E-state index is 5.95. The van der Waals surface area contributed by atoms with Crippen LogP contribution in [0.4, 0.5) is 5.69 Å². The van der Waals surface area contributed by atoms with E-state index >= 15 is 0 Å². The number of rotatable bonds is 7. The topological polar surface area (TPSA) is 41.7 Å². The van der Waals surface area contributed by atoms with E-state index in [0.717, 1.165) is 57.2 Å². The first-order chi connectivity index (χ1) is 10.2. The van der Waals surface area contributed by atoms with Gasteiger partial charge in [0, 0.05) is 50.0 Å². The molecule has 0 radical (unpaired) electrons. The summed E-state index contributed by atoms with van der Waals surface area (Å²) >= 11 is 5.95. The van der Waals surface area contributed by atoms with Crippen LogP contribution in [-0.2, 0) is 4.74 Å². The first kappa shape index (κ1) is 16.6. The van der Waals surface area contributed by atoms with Crippen molar-refractivity contribution >= 4 is 17.3 Å². The Morgan fingerprint density at radius 2 is 1.86 bits per heavy atom. The van der Waals surface area contributed by atoms with Gasteiger partial charge >= 0.3 is 0 Å². The molecule has 4 nitrogen and oxygen atoms in total. The second kappa shape index (κ2) is 8.59. The molecule has 1 aromatic rings. The van der Waals surface area contributed by atoms with E-state index in [-0.39, 0.29) is 0 Å². The molecule has 1 saturated heterocycles. The number of hydrogen-bond donors (Lipinski definition) is 1. The minimum Gasteiger partial charge on any atom is -0.383 e. The molecule has 1 fully saturated rings. The smallest absolute Gasteiger partial charge is 0.0618 e. The fraction of sp³-hybridized carbons (Fsp3) is 0.625. The van der Waals surface area contributed by atoms with E-state index in [9.17, 15) is 0 Å². The molecule has 0 aliphatic carbocycles. The lowest BCUT2D eigenvalue weighted by atomic mass is 10.1. The number of benzene rings is 1. The number of hydrogen-bond acceptors (Lipinski definition) is 4. The number of anilines is 1. The van der Waals surface area contributed by atoms with Gasteiger partial charge in [-0.05, 0) is 43.7 Å². The number of piperazine rings is 1. The van der Waals surface area contributed by atoms with Crippen molar-refractivity contribution < 1.29 is 4.74 Å². The number of halogens is 1. The van der Waals surface area contributed by atoms with Gasteiger partial charge in [-0.2, -0.15) is 0 Å². The van der Waals surface area contributed by atoms with Crippen molar-refractivity contribution in [3.05, 3.63) is 29.3 Å². The summed E-state index contributed by atoms with van der Waals surface area (Å²) in [5.41, 5.74) is 6.89. The number of nitrogens with two attached hydrogens (primary N) is 1. The highest BCUT2D eigenvalue weighted by atomic mass is 35.5. The van der Waals surface area contributed by atoms with Crippen LogP contribution < -0.4 is 10.6 Å². The minimum atomic E-state index is 0.492. The Balaban J connectivity index is 1.87. The molecule has 1 atom stereocenters. The summed E-state index contributed by atoms with van der Waals surface area (Å²) in [5, 5.41) is 0.791. The third-order valence-corrected chi connectivity index (χ3v) is 4.37. The Hall–Kier alpha value is -0.810. The number of ether oxygens (including phenoxy) is 1. The van der Waals surface area contributed by atoms with Gasteiger partial charge in [0.2, 0.25) is 0 Å². The lowest BCUT2D eigenvalue weighted by molar-refractivity contribution is 0.0801. The Morgan fingerprint density at radius 3 is 2.43 bits per heavy atom. The van der Waals surface area contributed by atoms with E-state index < -0.39 is 0 Å². The highest BCUT2D eigenvalue weighted by Gasteiger charge is 2.23. The summed E-state index contributed by atoms with van der Waals surface area (Å²) in [6, 6.07) is 8.60. The summed E-state index contributed by atoms with van der Waals surface area (Å²) in [7, 11) is 1.78. The van der Waals surface area contributed by atoms with Gasteiger partial charge < -0.3 is 15.4 Å². The van der Waals surface area contributed by atoms with Crippen molar-refractivity contribution in [2.75, 3.05) is 51.3 Å². The SMILES string of the molecule is COCC(CCCN)N1CCN(c2ccc(Cl)cc2)CC1. The van der Waals surface area contributed by atoms with Crippen molar-refractivity contribution in [2.45, 2.75) is 18.9 Å². The maximum absolute atomic E-state index is 5.95. The van der Waals surface area contributed by atoms with E-state index in [4.69, 9.17) is 22.1 Å². The fourth-order valence-electron chi connectivity index (χ4n) is 2.91. The molecule has 0 bridgehead atoms. The van der Waals surface area contributed by atoms with E-state index in [1.54, 1.807) is 7.11 Å². The molecule has 1 heterocycles. The second-order valence-electron chi connectivity index (χ2n) is 5.54. The Kier molecular flexibility index (Phi) is 6.77. The van der Waals surface area contributed by atoms with Crippen LogP contribution in [0.25, 0.3) is 0 Å². The zero-order valence-corrected chi connectivity index (χ0v) is 13.6. The van der Waals surface area contributed by atoms with Crippen LogP contribution in [0.3, 0.4) is 0 Å². The molecule has 0 spiro atoms. The van der Waals surface area contributed by atoms with Crippen LogP contribution in [0.15, 0.2) is 24.3 Å². The third-order valence-electron chi connectivity index (χ3n) is 4.12. The second-order valence-corrected chi connectivity index (χ2v) is 5.98. The van der Waals surface area contributed by atoms with Gasteiger partial charge in [0.25, 0.3) is 0 Å². The van der Waals surface area contributed by atoms with E-state index in [1.807, 2.05) is 12.1 Å². The highest BCUT2D eigenvalue weighted by molar-refractivity contribution is 6.30. The first-order valence-corrected chi connectivity index (χ1v) is 8.06. The molecule has 1 aliphatic heterocycles. The summed E-state index contributed by atoms with van der Waals surface area (Å²) in [4.78, 5) is 4.95. The molecule has 1 aliphatic rings. The average molecular weight is 312 g/mol. The maximum Gasteiger partial charge on any atom is 0.0618 e. The molecule has 2 N–H and O–H groups in total. The zero-order valence-electron chi connectivity index (χ0n) is 12.8. The summed E-state index contributed by atoms with van der Waals surface area (Å²) in [6.07, 6.45) is 2.18. The van der Waals surface area contributed by atoms with E-state index in [1.165, 1.54) is 5.69 Å². The van der Waals surface area contributed by atoms with Crippen molar-refractivity contribution in [1.29, 1.82) is 0 Å². The molecular formula is C16H26ClN3O. The minimum absolute atomic E-state index is 0.492. The Bertz CT molecular complexity index is 404. The number of methoxy groups -OCH3 is 1. The predicted molar refractivity (Wildman–Crippen MR) is 89.2 cm³/mol. The van der Waals surface area contributed by atoms with Crippen molar-refractivity contribution in [2.24, 2.45) is 5.73 Å². The standard InChI is InChI=1S/C16H26ClN3O/c1-21-13-16(3-2-8-18)20-11-9-19(10-12-20)15-6-4-14(17)5-7-15/h4-7,16H,2-3,8-13,18H2,1H3. The van der Waals surface area contributed by atoms with Gasteiger partial charge in [-0.3, -0.25) is 4.90 Å². The number of nitrogens with zero attached hydrogens (tertiary/aromatic N) is 2. The van der Waals surface area contributed by atoms with Crippen molar-refractivity contribution in [1.82, 2.24) is 4.90 Å². The molecular weight excluding hydrogens is 286 g/mol. The Labute approximate surface area is 132 Å². The fourth-order valence-corrected chi connectivity index (χ4v) is 3.04. The molecule has 0 saturated carbocycles. The van der Waals surface area contributed by atoms with E-state index in [2.05, 4.69) is 21.9 Å². The quantitative estimate of drug-likeness (QED) is 0.838. The van der Waals surface area contributed by atoms with Gasteiger partial charge in [0.15, 0.2) is 0 Å². The Morgan fingerprint density at radius 1 is 1.19 bits per heavy atom. The van der Waals surface area contributed by atoms with Crippen LogP contribution in [0.1, 0.15) is 12.8 Å². The molecule has 0 amide bonds. The van der Waals surface area contributed by atoms with Crippen molar-refractivity contribution in [3.8, 4) is 0 Å². The van der Waals surface area contributed by atoms with Gasteiger partial charge in [-0.15, -0.1) is 0 Å². The monoisotopic (exact) mass is 311 g/mol. The molecule has 118 valence electrons. The molecule has 2 rings (SSSR count). The predicted octanol–water partition coefficient (Wildman–Crippen LogP) is 2.22. The summed E-state index contributed by atoms with van der Waals surface area (Å²) < 4.78 is 5.37. The molecule has 1 aromatic carbocycles. The van der Waals surface area contributed by atoms with E-state index in [0.29, 0.717) is 6.04 Å². The lowest BCUT2D eigenvalue weighted by Gasteiger charge is -2.40. The van der Waals surface area contributed by atoms with Crippen LogP contribution in [0, 0.1) is 0 Å². The van der Waals surface area contributed by atoms with Crippen LogP contribution in [0.5, 0.6) is 0 Å². The highest BCUT2D eigenvalue weighted by Crippen LogP contribution is 2.20. The third kappa shape index (κ3) is 4.85. The zero-order chi connectivity index (χ0) is 15.1. The lowest BCUT2D eigenvalue weighted by Crippen LogP contribution is -2.51. The van der Waals surface area contributed by atoms with Crippen LogP contribution in [-0.4, -0.2) is 57.4 Å². The van der Waals surface area contributed by atoms with Gasteiger partial charge in [-0.25, -0.2) is 0 Å². The van der Waals surface area contributed by atoms with Gasteiger partial charge in [-0.1, -0.05) is 11.6 Å². The average Bonchev–Trinajstić information content (AvgIpc) is 2.52. The summed E-state index contributed by atoms with van der Waals surface area (Å²) in [5.74, 6) is 0. The first-order valence-electron chi connectivity index (χ1n) is 7.68. The summed E-state index contributed by atoms with van der Waals surface area (Å²) in [6.45, 7) is 5.78.